The summed E-state index contributed by atoms with van der Waals surface area (Å²) in [4.78, 5) is 12.6. The Morgan fingerprint density at radius 3 is 2.46 bits per heavy atom. The molecule has 0 aliphatic carbocycles. The normalized spacial score (nSPS) is 15.7. The first-order valence-corrected chi connectivity index (χ1v) is 9.13. The minimum atomic E-state index is -3.67. The fraction of sp³-hybridized carbons (Fsp3) is 0.278. The van der Waals surface area contributed by atoms with Crippen molar-refractivity contribution in [2.75, 3.05) is 13.7 Å². The molecule has 0 N–H and O–H groups in total. The molecule has 0 fully saturated rings. The number of fused-ring (bicyclic) bond motifs is 1. The molecule has 126 valence electrons. The van der Waals surface area contributed by atoms with Crippen molar-refractivity contribution in [3.8, 4) is 5.75 Å². The number of hydrogen-bond donors (Lipinski definition) is 0. The Morgan fingerprint density at radius 1 is 1.08 bits per heavy atom. The van der Waals surface area contributed by atoms with E-state index in [9.17, 15) is 13.2 Å². The molecule has 2 aromatic rings. The highest BCUT2D eigenvalue weighted by Gasteiger charge is 2.30. The van der Waals surface area contributed by atoms with Crippen molar-refractivity contribution in [1.82, 2.24) is 4.31 Å². The molecule has 0 radical (unpaired) electrons. The summed E-state index contributed by atoms with van der Waals surface area (Å²) in [7, 11) is -2.15. The maximum absolute atomic E-state index is 12.9. The predicted octanol–water partition coefficient (Wildman–Crippen LogP) is 2.78. The maximum atomic E-state index is 12.9. The van der Waals surface area contributed by atoms with Gasteiger partial charge < -0.3 is 4.74 Å². The number of benzene rings is 2. The van der Waals surface area contributed by atoms with Crippen LogP contribution in [0.4, 0.5) is 0 Å². The van der Waals surface area contributed by atoms with Crippen LogP contribution in [0.15, 0.2) is 47.4 Å². The van der Waals surface area contributed by atoms with E-state index in [2.05, 4.69) is 0 Å². The van der Waals surface area contributed by atoms with Crippen molar-refractivity contribution in [3.63, 3.8) is 0 Å². The summed E-state index contributed by atoms with van der Waals surface area (Å²) >= 11 is 0. The van der Waals surface area contributed by atoms with E-state index < -0.39 is 10.0 Å². The molecule has 24 heavy (non-hydrogen) atoms. The zero-order chi connectivity index (χ0) is 17.3. The van der Waals surface area contributed by atoms with Gasteiger partial charge in [-0.05, 0) is 25.1 Å². The molecule has 6 heteroatoms. The van der Waals surface area contributed by atoms with Gasteiger partial charge in [-0.25, -0.2) is 8.42 Å². The largest absolute Gasteiger partial charge is 0.496 e. The van der Waals surface area contributed by atoms with Crippen LogP contribution in [0.25, 0.3) is 0 Å². The number of sulfonamides is 1. The second-order valence-corrected chi connectivity index (χ2v) is 7.75. The lowest BCUT2D eigenvalue weighted by Crippen LogP contribution is -2.31. The van der Waals surface area contributed by atoms with E-state index in [1.165, 1.54) is 11.4 Å². The van der Waals surface area contributed by atoms with Crippen molar-refractivity contribution >= 4 is 15.8 Å². The number of ketones is 1. The first kappa shape index (κ1) is 16.7. The van der Waals surface area contributed by atoms with Gasteiger partial charge in [-0.2, -0.15) is 4.31 Å². The van der Waals surface area contributed by atoms with Gasteiger partial charge in [-0.15, -0.1) is 0 Å². The number of rotatable bonds is 3. The first-order chi connectivity index (χ1) is 11.4. The van der Waals surface area contributed by atoms with Gasteiger partial charge in [0.1, 0.15) is 5.75 Å². The summed E-state index contributed by atoms with van der Waals surface area (Å²) < 4.78 is 32.6. The summed E-state index contributed by atoms with van der Waals surface area (Å²) in [6.45, 7) is 2.19. The van der Waals surface area contributed by atoms with E-state index in [0.717, 1.165) is 5.56 Å². The van der Waals surface area contributed by atoms with E-state index in [1.807, 2.05) is 6.92 Å². The molecule has 2 aromatic carbocycles. The predicted molar refractivity (Wildman–Crippen MR) is 90.7 cm³/mol. The third kappa shape index (κ3) is 2.95. The van der Waals surface area contributed by atoms with Crippen LogP contribution >= 0.6 is 0 Å². The van der Waals surface area contributed by atoms with Gasteiger partial charge in [0.2, 0.25) is 10.0 Å². The fourth-order valence-electron chi connectivity index (χ4n) is 2.86. The van der Waals surface area contributed by atoms with Crippen LogP contribution in [-0.2, 0) is 16.6 Å². The Hall–Kier alpha value is -2.18. The second-order valence-electron chi connectivity index (χ2n) is 5.81. The first-order valence-electron chi connectivity index (χ1n) is 7.69. The van der Waals surface area contributed by atoms with Crippen LogP contribution in [0.5, 0.6) is 5.75 Å². The third-order valence-electron chi connectivity index (χ3n) is 4.23. The van der Waals surface area contributed by atoms with Gasteiger partial charge >= 0.3 is 0 Å². The highest BCUT2D eigenvalue weighted by molar-refractivity contribution is 7.89. The number of carbonyl (C=O) groups excluding carboxylic acids is 1. The molecular formula is C18H19NO4S. The Labute approximate surface area is 141 Å². The van der Waals surface area contributed by atoms with E-state index in [1.54, 1.807) is 42.5 Å². The molecule has 1 aliphatic rings. The molecule has 0 saturated carbocycles. The van der Waals surface area contributed by atoms with Gasteiger partial charge in [-0.1, -0.05) is 29.8 Å². The Kier molecular flexibility index (Phi) is 4.43. The monoisotopic (exact) mass is 345 g/mol. The zero-order valence-corrected chi connectivity index (χ0v) is 14.5. The number of methoxy groups -OCH3 is 1. The van der Waals surface area contributed by atoms with E-state index in [0.29, 0.717) is 16.9 Å². The summed E-state index contributed by atoms with van der Waals surface area (Å²) in [5.74, 6) is 0.470. The molecular weight excluding hydrogens is 326 g/mol. The number of Topliss-reactive ketones (excluding diaryl/α,β-unsaturated/α-hetero) is 1. The number of ether oxygens (including phenoxy) is 1. The van der Waals surface area contributed by atoms with Crippen LogP contribution in [0.3, 0.4) is 0 Å². The van der Waals surface area contributed by atoms with Crippen LogP contribution < -0.4 is 4.74 Å². The SMILES string of the molecule is COc1cccc2c1CN(S(=O)(=O)c1ccc(C)cc1)CCC2=O. The highest BCUT2D eigenvalue weighted by Crippen LogP contribution is 2.30. The molecule has 0 unspecified atom stereocenters. The Morgan fingerprint density at radius 2 is 1.79 bits per heavy atom. The fourth-order valence-corrected chi connectivity index (χ4v) is 4.27. The van der Waals surface area contributed by atoms with Crippen LogP contribution in [0.1, 0.15) is 27.9 Å². The molecule has 3 rings (SSSR count). The molecule has 0 aromatic heterocycles. The lowest BCUT2D eigenvalue weighted by atomic mass is 10.0. The summed E-state index contributed by atoms with van der Waals surface area (Å²) in [6, 6.07) is 12.0. The average Bonchev–Trinajstić information content (AvgIpc) is 2.75. The number of carbonyl (C=O) groups is 1. The lowest BCUT2D eigenvalue weighted by molar-refractivity contribution is 0.0981. The summed E-state index contributed by atoms with van der Waals surface area (Å²) in [5.41, 5.74) is 2.15. The minimum Gasteiger partial charge on any atom is -0.496 e. The smallest absolute Gasteiger partial charge is 0.243 e. The van der Waals surface area contributed by atoms with Gasteiger partial charge in [0.25, 0.3) is 0 Å². The minimum absolute atomic E-state index is 0.0643. The maximum Gasteiger partial charge on any atom is 0.243 e. The van der Waals surface area contributed by atoms with Crippen molar-refractivity contribution in [1.29, 1.82) is 0 Å². The second kappa shape index (κ2) is 6.37. The van der Waals surface area contributed by atoms with Gasteiger partial charge in [-0.3, -0.25) is 4.79 Å². The summed E-state index contributed by atoms with van der Waals surface area (Å²) in [5, 5.41) is 0. The van der Waals surface area contributed by atoms with E-state index in [4.69, 9.17) is 4.74 Å². The number of hydrogen-bond acceptors (Lipinski definition) is 4. The van der Waals surface area contributed by atoms with E-state index >= 15 is 0 Å². The Balaban J connectivity index is 2.04. The van der Waals surface area contributed by atoms with Crippen LogP contribution in [-0.4, -0.2) is 32.2 Å². The molecule has 0 spiro atoms. The number of nitrogens with zero attached hydrogens (tertiary/aromatic N) is 1. The third-order valence-corrected chi connectivity index (χ3v) is 6.09. The average molecular weight is 345 g/mol. The van der Waals surface area contributed by atoms with E-state index in [-0.39, 0.29) is 30.2 Å². The van der Waals surface area contributed by atoms with Crippen LogP contribution in [0, 0.1) is 6.92 Å². The van der Waals surface area contributed by atoms with Crippen molar-refractivity contribution in [3.05, 3.63) is 59.2 Å². The highest BCUT2D eigenvalue weighted by atomic mass is 32.2. The lowest BCUT2D eigenvalue weighted by Gasteiger charge is -2.21. The van der Waals surface area contributed by atoms with Gasteiger partial charge in [0, 0.05) is 30.6 Å². The van der Waals surface area contributed by atoms with Gasteiger partial charge in [0.05, 0.1) is 12.0 Å². The van der Waals surface area contributed by atoms with Crippen molar-refractivity contribution in [2.45, 2.75) is 24.8 Å². The quantitative estimate of drug-likeness (QED) is 0.858. The van der Waals surface area contributed by atoms with Crippen LogP contribution in [0.2, 0.25) is 0 Å². The van der Waals surface area contributed by atoms with Crippen molar-refractivity contribution in [2.24, 2.45) is 0 Å². The van der Waals surface area contributed by atoms with Crippen molar-refractivity contribution < 1.29 is 17.9 Å². The molecule has 0 bridgehead atoms. The number of aryl methyl sites for hydroxylation is 1. The standard InChI is InChI=1S/C18H19NO4S/c1-13-6-8-14(9-7-13)24(21,22)19-11-10-17(20)15-4-3-5-18(23-2)16(15)12-19/h3-9H,10-12H2,1-2H3. The van der Waals surface area contributed by atoms with Gasteiger partial charge in [0.15, 0.2) is 5.78 Å². The Bertz CT molecular complexity index is 872. The summed E-state index contributed by atoms with van der Waals surface area (Å²) in [6.07, 6.45) is 0.158. The molecule has 0 atom stereocenters. The molecule has 1 heterocycles. The zero-order valence-electron chi connectivity index (χ0n) is 13.7. The molecule has 5 nitrogen and oxygen atoms in total. The molecule has 0 saturated heterocycles. The molecule has 0 amide bonds. The topological polar surface area (TPSA) is 63.7 Å². The molecule has 1 aliphatic heterocycles.